The Balaban J connectivity index is 0.000000182. The number of ether oxygens (including phenoxy) is 5. The Kier molecular flexibility index (Phi) is 21.4. The highest BCUT2D eigenvalue weighted by molar-refractivity contribution is 5.97. The zero-order chi connectivity index (χ0) is 70.0. The summed E-state index contributed by atoms with van der Waals surface area (Å²) in [7, 11) is 3.93. The zero-order valence-electron chi connectivity index (χ0n) is 58.9. The summed E-state index contributed by atoms with van der Waals surface area (Å²) in [6.07, 6.45) is 7.26. The Labute approximate surface area is 591 Å². The number of aromatic nitrogens is 6. The predicted molar refractivity (Wildman–Crippen MR) is 395 cm³/mol. The minimum absolute atomic E-state index is 0.0584. The first kappa shape index (κ1) is 68.9. The van der Waals surface area contributed by atoms with Crippen molar-refractivity contribution in [3.8, 4) is 46.0 Å². The number of benzene rings is 6. The smallest absolute Gasteiger partial charge is 0.410 e. The number of piperidine rings is 2. The second-order valence-electron chi connectivity index (χ2n) is 27.9. The van der Waals surface area contributed by atoms with Crippen LogP contribution in [0.2, 0.25) is 0 Å². The van der Waals surface area contributed by atoms with Crippen LogP contribution in [0.1, 0.15) is 93.7 Å². The van der Waals surface area contributed by atoms with Gasteiger partial charge in [0.1, 0.15) is 43.4 Å². The molecule has 2 saturated heterocycles. The van der Waals surface area contributed by atoms with Crippen molar-refractivity contribution in [3.63, 3.8) is 0 Å². The Hall–Kier alpha value is -10.6. The summed E-state index contributed by atoms with van der Waals surface area (Å²) in [5.74, 6) is 2.83. The molecule has 8 heterocycles. The molecule has 0 spiro atoms. The average Bonchev–Trinajstić information content (AvgIpc) is 1.65. The van der Waals surface area contributed by atoms with Gasteiger partial charge < -0.3 is 43.7 Å². The lowest BCUT2D eigenvalue weighted by Gasteiger charge is -2.39. The molecule has 3 amide bonds. The van der Waals surface area contributed by atoms with E-state index in [2.05, 4.69) is 67.7 Å². The van der Waals surface area contributed by atoms with Gasteiger partial charge in [-0.05, 0) is 152 Å². The quantitative estimate of drug-likeness (QED) is 0.0858. The van der Waals surface area contributed by atoms with Crippen LogP contribution in [-0.2, 0) is 54.8 Å². The first-order valence-electron chi connectivity index (χ1n) is 35.3. The molecule has 2 fully saturated rings. The third-order valence-electron chi connectivity index (χ3n) is 19.5. The number of nitrogens with one attached hydrogen (secondary N) is 1. The number of fused-ring (bicyclic) bond motifs is 2. The number of likely N-dealkylation sites (tertiary alicyclic amines) is 1. The number of hydrogen-bond acceptors (Lipinski definition) is 13. The Bertz CT molecular complexity index is 4610. The number of amides is 3. The SMILES string of the molecule is C[C@H]1CN(C(=O)OC(C)(C)C)CC[C@H]1C(=O)N1CC=C(c2ccc3c(-c4ccc(OCc5ccccc5)nc4OCc4ccccc4)nn(C)c3c2)CC1.C[C@H]1CNCC[C@H]1C(=O)N1CC=C(c2ccc3c(-c4ccc(OCc5ccccc5)nc4OCc4ccccc4)nn(C)c3c2)CC1. The Morgan fingerprint density at radius 3 is 1.32 bits per heavy atom. The molecular formula is C83H90N10O8. The van der Waals surface area contributed by atoms with Crippen LogP contribution in [0.5, 0.6) is 23.5 Å². The molecule has 4 aliphatic rings. The molecule has 4 aliphatic heterocycles. The molecule has 10 aromatic rings. The van der Waals surface area contributed by atoms with Crippen molar-refractivity contribution in [1.29, 1.82) is 0 Å². The second-order valence-corrected chi connectivity index (χ2v) is 27.9. The van der Waals surface area contributed by atoms with Crippen LogP contribution in [0.3, 0.4) is 0 Å². The topological polar surface area (TPSA) is 181 Å². The number of rotatable bonds is 18. The molecule has 6 aromatic carbocycles. The van der Waals surface area contributed by atoms with Gasteiger partial charge in [-0.2, -0.15) is 20.2 Å². The third kappa shape index (κ3) is 16.7. The summed E-state index contributed by atoms with van der Waals surface area (Å²) in [5, 5.41) is 15.3. The van der Waals surface area contributed by atoms with Crippen LogP contribution in [0.4, 0.5) is 4.79 Å². The molecule has 4 aromatic heterocycles. The Morgan fingerprint density at radius 2 is 0.921 bits per heavy atom. The van der Waals surface area contributed by atoms with Crippen LogP contribution in [-0.4, -0.2) is 120 Å². The van der Waals surface area contributed by atoms with Gasteiger partial charge in [0.2, 0.25) is 35.3 Å². The largest absolute Gasteiger partial charge is 0.473 e. The van der Waals surface area contributed by atoms with Gasteiger partial charge in [-0.25, -0.2) is 4.79 Å². The average molecular weight is 1360 g/mol. The van der Waals surface area contributed by atoms with Gasteiger partial charge in [-0.1, -0.05) is 159 Å². The number of aryl methyl sites for hydroxylation is 2. The molecule has 101 heavy (non-hydrogen) atoms. The minimum atomic E-state index is -0.544. The maximum atomic E-state index is 13.7. The van der Waals surface area contributed by atoms with Crippen molar-refractivity contribution in [2.24, 2.45) is 37.8 Å². The van der Waals surface area contributed by atoms with Gasteiger partial charge in [0, 0.05) is 88.1 Å². The minimum Gasteiger partial charge on any atom is -0.473 e. The molecule has 0 saturated carbocycles. The van der Waals surface area contributed by atoms with E-state index in [1.54, 1.807) is 4.90 Å². The van der Waals surface area contributed by atoms with Crippen molar-refractivity contribution in [1.82, 2.24) is 49.5 Å². The lowest BCUT2D eigenvalue weighted by atomic mass is 9.85. The number of carbonyl (C=O) groups excluding carboxylic acids is 3. The van der Waals surface area contributed by atoms with E-state index in [4.69, 9.17) is 43.8 Å². The second kappa shape index (κ2) is 31.3. The van der Waals surface area contributed by atoms with Crippen molar-refractivity contribution in [2.45, 2.75) is 92.3 Å². The first-order valence-corrected chi connectivity index (χ1v) is 35.3. The molecule has 0 bridgehead atoms. The van der Waals surface area contributed by atoms with Crippen LogP contribution in [0.25, 0.3) is 55.5 Å². The lowest BCUT2D eigenvalue weighted by Crippen LogP contribution is -2.50. The van der Waals surface area contributed by atoms with E-state index in [-0.39, 0.29) is 29.8 Å². The molecule has 520 valence electrons. The monoisotopic (exact) mass is 1350 g/mol. The summed E-state index contributed by atoms with van der Waals surface area (Å²) < 4.78 is 34.2. The van der Waals surface area contributed by atoms with E-state index in [1.165, 1.54) is 11.1 Å². The summed E-state index contributed by atoms with van der Waals surface area (Å²) in [4.78, 5) is 54.9. The highest BCUT2D eigenvalue weighted by atomic mass is 16.6. The number of nitrogens with zero attached hydrogens (tertiary/aromatic N) is 9. The van der Waals surface area contributed by atoms with E-state index in [9.17, 15) is 14.4 Å². The number of carbonyl (C=O) groups is 3. The molecule has 4 atom stereocenters. The van der Waals surface area contributed by atoms with Crippen LogP contribution < -0.4 is 24.3 Å². The van der Waals surface area contributed by atoms with Crippen LogP contribution in [0.15, 0.2) is 194 Å². The molecule has 14 rings (SSSR count). The molecule has 0 unspecified atom stereocenters. The predicted octanol–water partition coefficient (Wildman–Crippen LogP) is 15.0. The Morgan fingerprint density at radius 1 is 0.495 bits per heavy atom. The van der Waals surface area contributed by atoms with E-state index in [0.717, 1.165) is 117 Å². The van der Waals surface area contributed by atoms with Crippen molar-refractivity contribution in [2.75, 3.05) is 52.4 Å². The normalized spacial score (nSPS) is 17.9. The molecule has 1 N–H and O–H groups in total. The summed E-state index contributed by atoms with van der Waals surface area (Å²) in [6.45, 7) is 16.9. The van der Waals surface area contributed by atoms with E-state index in [0.29, 0.717) is 101 Å². The molecular weight excluding hydrogens is 1260 g/mol. The van der Waals surface area contributed by atoms with Gasteiger partial charge in [0.25, 0.3) is 0 Å². The fourth-order valence-electron chi connectivity index (χ4n) is 13.9. The van der Waals surface area contributed by atoms with Crippen LogP contribution >= 0.6 is 0 Å². The van der Waals surface area contributed by atoms with Gasteiger partial charge in [-0.15, -0.1) is 0 Å². The molecule has 0 aliphatic carbocycles. The van der Waals surface area contributed by atoms with Crippen molar-refractivity contribution >= 4 is 50.9 Å². The van der Waals surface area contributed by atoms with E-state index in [1.807, 2.05) is 200 Å². The third-order valence-corrected chi connectivity index (χ3v) is 19.5. The van der Waals surface area contributed by atoms with E-state index >= 15 is 0 Å². The summed E-state index contributed by atoms with van der Waals surface area (Å²) in [6, 6.07) is 60.8. The first-order chi connectivity index (χ1) is 49.0. The van der Waals surface area contributed by atoms with Gasteiger partial charge in [-0.3, -0.25) is 19.0 Å². The maximum absolute atomic E-state index is 13.7. The highest BCUT2D eigenvalue weighted by Crippen LogP contribution is 2.40. The molecule has 0 radical (unpaired) electrons. The fourth-order valence-corrected chi connectivity index (χ4v) is 13.9. The van der Waals surface area contributed by atoms with Gasteiger partial charge >= 0.3 is 6.09 Å². The number of hydrogen-bond donors (Lipinski definition) is 1. The molecule has 18 nitrogen and oxygen atoms in total. The maximum Gasteiger partial charge on any atom is 0.410 e. The standard InChI is InChI=1S/C44H49N5O5.C39H41N5O3/c1-30-27-49(43(51)54-44(2,3)4)25-22-35(30)42(50)48-23-20-33(21-24-48)34-16-17-36-38(26-34)47(5)46-40(36)37-18-19-39(52-28-31-12-8-6-9-13-31)45-41(37)53-29-32-14-10-7-11-15-32;1-27-24-40-20-17-32(27)39(45)44-21-18-30(19-22-44)31-13-14-33-35(23-31)43(2)42-37(33)34-15-16-36(46-25-28-9-5-3-6-10-28)41-38(34)47-26-29-11-7-4-8-12-29/h6-20,26,30,35H,21-25,27-29H2,1-5H3;3-16,18,23,27,32,40H,17,19-22,24-26H2,1-2H3/t30-,35+;27-,32+/m00/s1. The number of pyridine rings is 2. The highest BCUT2D eigenvalue weighted by Gasteiger charge is 2.38. The van der Waals surface area contributed by atoms with Gasteiger partial charge in [0.05, 0.1) is 22.2 Å². The summed E-state index contributed by atoms with van der Waals surface area (Å²) in [5.41, 5.74) is 13.6. The van der Waals surface area contributed by atoms with E-state index < -0.39 is 5.60 Å². The van der Waals surface area contributed by atoms with Gasteiger partial charge in [0.15, 0.2) is 0 Å². The fraction of sp³-hybridized carbons (Fsp3) is 0.337. The zero-order valence-corrected chi connectivity index (χ0v) is 58.9. The van der Waals surface area contributed by atoms with Crippen molar-refractivity contribution in [3.05, 3.63) is 228 Å². The van der Waals surface area contributed by atoms with Crippen LogP contribution in [0, 0.1) is 23.7 Å². The van der Waals surface area contributed by atoms with Crippen molar-refractivity contribution < 1.29 is 38.1 Å². The molecule has 18 heteroatoms. The summed E-state index contributed by atoms with van der Waals surface area (Å²) >= 11 is 0. The lowest BCUT2D eigenvalue weighted by molar-refractivity contribution is -0.139.